The van der Waals surface area contributed by atoms with Gasteiger partial charge in [-0.3, -0.25) is 0 Å². The predicted octanol–water partition coefficient (Wildman–Crippen LogP) is 2.85. The standard InChI is InChI=1S/C14H27NO/c1-2-12(11-16)15-13-5-9-14(10-6-13)7-3-4-8-14/h12-13,15-16H,2-11H2,1H3. The molecule has 2 nitrogen and oxygen atoms in total. The largest absolute Gasteiger partial charge is 0.395 e. The van der Waals surface area contributed by atoms with Crippen molar-refractivity contribution in [2.75, 3.05) is 6.61 Å². The molecule has 2 aliphatic carbocycles. The van der Waals surface area contributed by atoms with Gasteiger partial charge in [-0.1, -0.05) is 19.8 Å². The normalized spacial score (nSPS) is 27.4. The first-order chi connectivity index (χ1) is 7.78. The van der Waals surface area contributed by atoms with Gasteiger partial charge in [0.1, 0.15) is 0 Å². The lowest BCUT2D eigenvalue weighted by atomic mass is 9.71. The second kappa shape index (κ2) is 5.50. The SMILES string of the molecule is CCC(CO)NC1CCC2(CCCC2)CC1. The molecular formula is C14H27NO. The molecule has 0 aromatic carbocycles. The van der Waals surface area contributed by atoms with Gasteiger partial charge in [0.15, 0.2) is 0 Å². The highest BCUT2D eigenvalue weighted by Crippen LogP contribution is 2.48. The van der Waals surface area contributed by atoms with E-state index in [4.69, 9.17) is 0 Å². The van der Waals surface area contributed by atoms with Crippen LogP contribution in [0.4, 0.5) is 0 Å². The summed E-state index contributed by atoms with van der Waals surface area (Å²) in [4.78, 5) is 0. The van der Waals surface area contributed by atoms with E-state index >= 15 is 0 Å². The molecule has 0 aromatic heterocycles. The first kappa shape index (κ1) is 12.4. The minimum atomic E-state index is 0.290. The molecule has 2 saturated carbocycles. The summed E-state index contributed by atoms with van der Waals surface area (Å²) < 4.78 is 0. The van der Waals surface area contributed by atoms with Crippen LogP contribution in [0.5, 0.6) is 0 Å². The molecule has 2 fully saturated rings. The van der Waals surface area contributed by atoms with Gasteiger partial charge >= 0.3 is 0 Å². The molecule has 94 valence electrons. The zero-order valence-corrected chi connectivity index (χ0v) is 10.7. The van der Waals surface area contributed by atoms with Crippen LogP contribution >= 0.6 is 0 Å². The fourth-order valence-corrected chi connectivity index (χ4v) is 3.65. The van der Waals surface area contributed by atoms with Crippen LogP contribution in [0.15, 0.2) is 0 Å². The van der Waals surface area contributed by atoms with Crippen molar-refractivity contribution in [1.82, 2.24) is 5.32 Å². The van der Waals surface area contributed by atoms with Gasteiger partial charge < -0.3 is 10.4 Å². The average molecular weight is 225 g/mol. The second-order valence-electron chi connectivity index (χ2n) is 5.94. The van der Waals surface area contributed by atoms with E-state index in [0.717, 1.165) is 11.8 Å². The summed E-state index contributed by atoms with van der Waals surface area (Å²) in [6, 6.07) is 0.992. The Labute approximate surface area is 99.8 Å². The van der Waals surface area contributed by atoms with E-state index < -0.39 is 0 Å². The highest BCUT2D eigenvalue weighted by molar-refractivity contribution is 4.91. The smallest absolute Gasteiger partial charge is 0.0584 e. The molecule has 0 saturated heterocycles. The van der Waals surface area contributed by atoms with Gasteiger partial charge in [0.2, 0.25) is 0 Å². The minimum absolute atomic E-state index is 0.290. The van der Waals surface area contributed by atoms with Crippen molar-refractivity contribution in [3.63, 3.8) is 0 Å². The molecule has 2 heteroatoms. The predicted molar refractivity (Wildman–Crippen MR) is 67.5 cm³/mol. The Kier molecular flexibility index (Phi) is 4.26. The van der Waals surface area contributed by atoms with E-state index in [9.17, 15) is 5.11 Å². The topological polar surface area (TPSA) is 32.3 Å². The maximum Gasteiger partial charge on any atom is 0.0584 e. The molecule has 0 aromatic rings. The quantitative estimate of drug-likeness (QED) is 0.771. The Bertz CT molecular complexity index is 197. The van der Waals surface area contributed by atoms with E-state index in [-0.39, 0.29) is 6.61 Å². The van der Waals surface area contributed by atoms with Gasteiger partial charge in [0, 0.05) is 12.1 Å². The molecule has 1 unspecified atom stereocenters. The lowest BCUT2D eigenvalue weighted by Gasteiger charge is -2.38. The summed E-state index contributed by atoms with van der Waals surface area (Å²) in [6.45, 7) is 2.44. The van der Waals surface area contributed by atoms with Gasteiger partial charge in [-0.25, -0.2) is 0 Å². The third kappa shape index (κ3) is 2.78. The molecule has 16 heavy (non-hydrogen) atoms. The van der Waals surface area contributed by atoms with E-state index in [2.05, 4.69) is 12.2 Å². The number of aliphatic hydroxyl groups excluding tert-OH is 1. The lowest BCUT2D eigenvalue weighted by molar-refractivity contribution is 0.149. The molecule has 2 aliphatic rings. The first-order valence-corrected chi connectivity index (χ1v) is 7.15. The van der Waals surface area contributed by atoms with E-state index in [1.54, 1.807) is 0 Å². The molecular weight excluding hydrogens is 198 g/mol. The van der Waals surface area contributed by atoms with Crippen molar-refractivity contribution in [3.05, 3.63) is 0 Å². The first-order valence-electron chi connectivity index (χ1n) is 7.15. The van der Waals surface area contributed by atoms with Crippen LogP contribution in [0.25, 0.3) is 0 Å². The van der Waals surface area contributed by atoms with Crippen molar-refractivity contribution in [1.29, 1.82) is 0 Å². The summed E-state index contributed by atoms with van der Waals surface area (Å²) >= 11 is 0. The van der Waals surface area contributed by atoms with Crippen molar-refractivity contribution in [2.45, 2.75) is 76.8 Å². The van der Waals surface area contributed by atoms with Crippen LogP contribution in [0.2, 0.25) is 0 Å². The molecule has 0 radical (unpaired) electrons. The number of nitrogens with one attached hydrogen (secondary N) is 1. The third-order valence-corrected chi connectivity index (χ3v) is 4.90. The van der Waals surface area contributed by atoms with Gasteiger partial charge in [-0.05, 0) is 50.4 Å². The van der Waals surface area contributed by atoms with Gasteiger partial charge in [-0.15, -0.1) is 0 Å². The van der Waals surface area contributed by atoms with Crippen molar-refractivity contribution < 1.29 is 5.11 Å². The van der Waals surface area contributed by atoms with Crippen molar-refractivity contribution in [3.8, 4) is 0 Å². The Balaban J connectivity index is 1.76. The Morgan fingerprint density at radius 1 is 1.19 bits per heavy atom. The summed E-state index contributed by atoms with van der Waals surface area (Å²) in [5.41, 5.74) is 0.735. The molecule has 2 rings (SSSR count). The number of rotatable bonds is 4. The fraction of sp³-hybridized carbons (Fsp3) is 1.00. The summed E-state index contributed by atoms with van der Waals surface area (Å²) in [6.07, 6.45) is 12.4. The van der Waals surface area contributed by atoms with Crippen LogP contribution in [0.3, 0.4) is 0 Å². The van der Waals surface area contributed by atoms with Crippen molar-refractivity contribution >= 4 is 0 Å². The average Bonchev–Trinajstić information content (AvgIpc) is 2.77. The van der Waals surface area contributed by atoms with Gasteiger partial charge in [0.05, 0.1) is 6.61 Å². The Morgan fingerprint density at radius 3 is 2.31 bits per heavy atom. The van der Waals surface area contributed by atoms with Crippen LogP contribution in [0.1, 0.15) is 64.7 Å². The zero-order chi connectivity index (χ0) is 11.4. The zero-order valence-electron chi connectivity index (χ0n) is 10.7. The number of hydrogen-bond acceptors (Lipinski definition) is 2. The van der Waals surface area contributed by atoms with E-state index in [1.165, 1.54) is 51.4 Å². The van der Waals surface area contributed by atoms with Gasteiger partial charge in [0.25, 0.3) is 0 Å². The second-order valence-corrected chi connectivity index (χ2v) is 5.94. The Morgan fingerprint density at radius 2 is 1.81 bits per heavy atom. The molecule has 1 atom stereocenters. The maximum absolute atomic E-state index is 9.20. The molecule has 1 spiro atoms. The maximum atomic E-state index is 9.20. The van der Waals surface area contributed by atoms with E-state index in [1.807, 2.05) is 0 Å². The highest BCUT2D eigenvalue weighted by Gasteiger charge is 2.37. The van der Waals surface area contributed by atoms with Crippen LogP contribution in [-0.4, -0.2) is 23.8 Å². The monoisotopic (exact) mass is 225 g/mol. The number of aliphatic hydroxyl groups is 1. The number of hydrogen-bond donors (Lipinski definition) is 2. The molecule has 0 amide bonds. The molecule has 2 N–H and O–H groups in total. The molecule has 0 bridgehead atoms. The third-order valence-electron chi connectivity index (χ3n) is 4.90. The van der Waals surface area contributed by atoms with Crippen molar-refractivity contribution in [2.24, 2.45) is 5.41 Å². The molecule has 0 heterocycles. The van der Waals surface area contributed by atoms with Gasteiger partial charge in [-0.2, -0.15) is 0 Å². The lowest BCUT2D eigenvalue weighted by Crippen LogP contribution is -2.43. The fourth-order valence-electron chi connectivity index (χ4n) is 3.65. The molecule has 0 aliphatic heterocycles. The van der Waals surface area contributed by atoms with E-state index in [0.29, 0.717) is 12.1 Å². The summed E-state index contributed by atoms with van der Waals surface area (Å²) in [5.74, 6) is 0. The van der Waals surface area contributed by atoms with Crippen LogP contribution < -0.4 is 5.32 Å². The summed E-state index contributed by atoms with van der Waals surface area (Å²) in [7, 11) is 0. The summed E-state index contributed by atoms with van der Waals surface area (Å²) in [5, 5.41) is 12.8. The van der Waals surface area contributed by atoms with Crippen LogP contribution in [-0.2, 0) is 0 Å². The highest BCUT2D eigenvalue weighted by atomic mass is 16.3. The Hall–Kier alpha value is -0.0800. The van der Waals surface area contributed by atoms with Crippen LogP contribution in [0, 0.1) is 5.41 Å². The minimum Gasteiger partial charge on any atom is -0.395 e.